The molecule has 1 N–H and O–H groups in total. The zero-order chi connectivity index (χ0) is 19.1. The third-order valence-electron chi connectivity index (χ3n) is 4.34. The Morgan fingerprint density at radius 3 is 2.48 bits per heavy atom. The van der Waals surface area contributed by atoms with Gasteiger partial charge in [-0.25, -0.2) is 14.4 Å². The van der Waals surface area contributed by atoms with E-state index in [2.05, 4.69) is 20.4 Å². The molecule has 0 radical (unpaired) electrons. The van der Waals surface area contributed by atoms with Crippen LogP contribution in [-0.4, -0.2) is 31.4 Å². The molecule has 3 heterocycles. The summed E-state index contributed by atoms with van der Waals surface area (Å²) >= 11 is 1.49. The van der Waals surface area contributed by atoms with E-state index in [-0.39, 0.29) is 17.0 Å². The lowest BCUT2D eigenvalue weighted by atomic mass is 10.0. The summed E-state index contributed by atoms with van der Waals surface area (Å²) in [5.41, 5.74) is 4.23. The molecule has 0 fully saturated rings. The van der Waals surface area contributed by atoms with E-state index in [4.69, 9.17) is 0 Å². The van der Waals surface area contributed by atoms with Crippen molar-refractivity contribution < 1.29 is 9.18 Å². The molecule has 0 saturated carbocycles. The highest BCUT2D eigenvalue weighted by Gasteiger charge is 2.31. The minimum absolute atomic E-state index is 0.114. The predicted octanol–water partition coefficient (Wildman–Crippen LogP) is 3.50. The van der Waals surface area contributed by atoms with Gasteiger partial charge < -0.3 is 5.32 Å². The van der Waals surface area contributed by atoms with Gasteiger partial charge in [0.1, 0.15) is 11.6 Å². The average Bonchev–Trinajstić information content (AvgIpc) is 2.81. The number of benzene rings is 1. The topological polar surface area (TPSA) is 72.7 Å². The maximum absolute atomic E-state index is 13.4. The van der Waals surface area contributed by atoms with E-state index >= 15 is 0 Å². The Balaban J connectivity index is 1.90. The Labute approximate surface area is 160 Å². The van der Waals surface area contributed by atoms with E-state index in [0.717, 1.165) is 28.2 Å². The molecule has 0 bridgehead atoms. The molecule has 0 spiro atoms. The summed E-state index contributed by atoms with van der Waals surface area (Å²) in [7, 11) is 0. The van der Waals surface area contributed by atoms with Crippen LogP contribution in [0.4, 0.5) is 10.2 Å². The molecule has 0 aliphatic carbocycles. The van der Waals surface area contributed by atoms with E-state index in [0.29, 0.717) is 17.5 Å². The zero-order valence-corrected chi connectivity index (χ0v) is 16.0. The SMILES string of the molecule is Cc1cc(C)nc(-n2nc(C)c3c2NC(=O)CS[C@@H]3c2ccc(F)cc2)n1. The molecule has 1 atom stereocenters. The number of anilines is 1. The number of nitrogens with zero attached hydrogens (tertiary/aromatic N) is 4. The maximum Gasteiger partial charge on any atom is 0.252 e. The number of carbonyl (C=O) groups is 1. The molecule has 2 aromatic heterocycles. The number of halogens is 1. The molecular weight excluding hydrogens is 365 g/mol. The number of rotatable bonds is 2. The number of aryl methyl sites for hydroxylation is 3. The van der Waals surface area contributed by atoms with Gasteiger partial charge in [0.05, 0.1) is 16.7 Å². The van der Waals surface area contributed by atoms with Crippen LogP contribution in [0.2, 0.25) is 0 Å². The lowest BCUT2D eigenvalue weighted by Gasteiger charge is -2.15. The first-order valence-electron chi connectivity index (χ1n) is 8.51. The van der Waals surface area contributed by atoms with E-state index in [1.807, 2.05) is 26.8 Å². The van der Waals surface area contributed by atoms with Crippen LogP contribution in [0.15, 0.2) is 30.3 Å². The van der Waals surface area contributed by atoms with Crippen LogP contribution in [0, 0.1) is 26.6 Å². The van der Waals surface area contributed by atoms with Crippen molar-refractivity contribution in [3.05, 3.63) is 64.4 Å². The summed E-state index contributed by atoms with van der Waals surface area (Å²) in [5.74, 6) is 0.882. The largest absolute Gasteiger partial charge is 0.309 e. The van der Waals surface area contributed by atoms with Gasteiger partial charge in [0.25, 0.3) is 5.95 Å². The van der Waals surface area contributed by atoms with Crippen LogP contribution in [0.1, 0.15) is 33.5 Å². The van der Waals surface area contributed by atoms with Gasteiger partial charge in [-0.2, -0.15) is 9.78 Å². The molecule has 3 aromatic rings. The van der Waals surface area contributed by atoms with Crippen molar-refractivity contribution in [3.63, 3.8) is 0 Å². The molecule has 1 aliphatic rings. The molecule has 0 unspecified atom stereocenters. The van der Waals surface area contributed by atoms with Gasteiger partial charge in [-0.05, 0) is 44.5 Å². The van der Waals surface area contributed by atoms with Crippen molar-refractivity contribution in [1.29, 1.82) is 0 Å². The number of hydrogen-bond acceptors (Lipinski definition) is 5. The minimum Gasteiger partial charge on any atom is -0.309 e. The Hall–Kier alpha value is -2.74. The average molecular weight is 383 g/mol. The number of hydrogen-bond donors (Lipinski definition) is 1. The summed E-state index contributed by atoms with van der Waals surface area (Å²) in [5, 5.41) is 7.41. The molecule has 27 heavy (non-hydrogen) atoms. The van der Waals surface area contributed by atoms with Crippen LogP contribution in [0.25, 0.3) is 5.95 Å². The Kier molecular flexibility index (Phi) is 4.43. The highest BCUT2D eigenvalue weighted by Crippen LogP contribution is 2.43. The predicted molar refractivity (Wildman–Crippen MR) is 103 cm³/mol. The number of amides is 1. The summed E-state index contributed by atoms with van der Waals surface area (Å²) in [6, 6.07) is 8.24. The summed E-state index contributed by atoms with van der Waals surface area (Å²) in [6.07, 6.45) is 0. The van der Waals surface area contributed by atoms with Gasteiger partial charge in [-0.15, -0.1) is 11.8 Å². The molecule has 6 nitrogen and oxygen atoms in total. The van der Waals surface area contributed by atoms with E-state index in [1.54, 1.807) is 16.8 Å². The monoisotopic (exact) mass is 383 g/mol. The second kappa shape index (κ2) is 6.77. The van der Waals surface area contributed by atoms with Crippen LogP contribution in [0.5, 0.6) is 0 Å². The Bertz CT molecular complexity index is 1010. The lowest BCUT2D eigenvalue weighted by Crippen LogP contribution is -2.17. The number of aromatic nitrogens is 4. The first-order chi connectivity index (χ1) is 12.9. The molecule has 138 valence electrons. The smallest absolute Gasteiger partial charge is 0.252 e. The normalized spacial score (nSPS) is 16.6. The molecule has 1 aromatic carbocycles. The number of fused-ring (bicyclic) bond motifs is 1. The van der Waals surface area contributed by atoms with Gasteiger partial charge in [-0.3, -0.25) is 4.79 Å². The third-order valence-corrected chi connectivity index (χ3v) is 5.61. The van der Waals surface area contributed by atoms with Crippen LogP contribution in [-0.2, 0) is 4.79 Å². The summed E-state index contributed by atoms with van der Waals surface area (Å²) in [6.45, 7) is 5.68. The van der Waals surface area contributed by atoms with Gasteiger partial charge in [0.15, 0.2) is 0 Å². The molecular formula is C19H18FN5OS. The molecule has 1 amide bonds. The van der Waals surface area contributed by atoms with Crippen LogP contribution in [0.3, 0.4) is 0 Å². The Morgan fingerprint density at radius 1 is 1.15 bits per heavy atom. The maximum atomic E-state index is 13.4. The molecule has 1 aliphatic heterocycles. The van der Waals surface area contributed by atoms with Crippen molar-refractivity contribution >= 4 is 23.5 Å². The van der Waals surface area contributed by atoms with E-state index in [1.165, 1.54) is 23.9 Å². The van der Waals surface area contributed by atoms with Crippen LogP contribution < -0.4 is 5.32 Å². The van der Waals surface area contributed by atoms with Gasteiger partial charge in [0.2, 0.25) is 5.91 Å². The summed E-state index contributed by atoms with van der Waals surface area (Å²) in [4.78, 5) is 21.3. The van der Waals surface area contributed by atoms with E-state index in [9.17, 15) is 9.18 Å². The second-order valence-electron chi connectivity index (χ2n) is 6.50. The third kappa shape index (κ3) is 3.32. The molecule has 0 saturated heterocycles. The standard InChI is InChI=1S/C19H18FN5OS/c1-10-8-11(2)22-19(21-10)25-18-16(12(3)24-25)17(27-9-15(26)23-18)13-4-6-14(20)7-5-13/h4-8,17H,9H2,1-3H3,(H,23,26)/t17-/m1/s1. The lowest BCUT2D eigenvalue weighted by molar-refractivity contribution is -0.113. The molecule has 4 rings (SSSR count). The fraction of sp³-hybridized carbons (Fsp3) is 0.263. The fourth-order valence-electron chi connectivity index (χ4n) is 3.23. The van der Waals surface area contributed by atoms with Crippen LogP contribution >= 0.6 is 11.8 Å². The quantitative estimate of drug-likeness (QED) is 0.733. The van der Waals surface area contributed by atoms with Crippen molar-refractivity contribution in [2.45, 2.75) is 26.0 Å². The Morgan fingerprint density at radius 2 is 1.81 bits per heavy atom. The van der Waals surface area contributed by atoms with Crippen molar-refractivity contribution in [3.8, 4) is 5.95 Å². The fourth-order valence-corrected chi connectivity index (χ4v) is 4.42. The summed E-state index contributed by atoms with van der Waals surface area (Å²) < 4.78 is 15.0. The highest BCUT2D eigenvalue weighted by molar-refractivity contribution is 8.00. The minimum atomic E-state index is -0.289. The van der Waals surface area contributed by atoms with Crippen molar-refractivity contribution in [2.24, 2.45) is 0 Å². The van der Waals surface area contributed by atoms with Gasteiger partial charge >= 0.3 is 0 Å². The van der Waals surface area contributed by atoms with Crippen molar-refractivity contribution in [2.75, 3.05) is 11.1 Å². The van der Waals surface area contributed by atoms with Crippen molar-refractivity contribution in [1.82, 2.24) is 19.7 Å². The number of carbonyl (C=O) groups excluding carboxylic acids is 1. The first-order valence-corrected chi connectivity index (χ1v) is 9.56. The highest BCUT2D eigenvalue weighted by atomic mass is 32.2. The van der Waals surface area contributed by atoms with Gasteiger partial charge in [0, 0.05) is 17.0 Å². The first kappa shape index (κ1) is 17.7. The second-order valence-corrected chi connectivity index (χ2v) is 7.59. The van der Waals surface area contributed by atoms with Gasteiger partial charge in [-0.1, -0.05) is 12.1 Å². The van der Waals surface area contributed by atoms with E-state index < -0.39 is 0 Å². The number of nitrogens with one attached hydrogen (secondary N) is 1. The molecule has 8 heteroatoms. The number of thioether (sulfide) groups is 1. The zero-order valence-electron chi connectivity index (χ0n) is 15.2.